The molecule has 1 unspecified atom stereocenters. The van der Waals surface area contributed by atoms with Crippen molar-refractivity contribution in [1.29, 1.82) is 0 Å². The van der Waals surface area contributed by atoms with E-state index in [9.17, 15) is 4.79 Å². The molecule has 0 aliphatic carbocycles. The summed E-state index contributed by atoms with van der Waals surface area (Å²) in [6.07, 6.45) is 1.72. The lowest BCUT2D eigenvalue weighted by molar-refractivity contribution is -0.392. The van der Waals surface area contributed by atoms with Crippen molar-refractivity contribution in [2.75, 3.05) is 6.61 Å². The van der Waals surface area contributed by atoms with Crippen LogP contribution in [0.3, 0.4) is 0 Å². The topological polar surface area (TPSA) is 66.5 Å². The molecule has 0 bridgehead atoms. The number of halogens is 1. The minimum Gasteiger partial charge on any atom is -1.00 e. The van der Waals surface area contributed by atoms with Gasteiger partial charge < -0.3 is 27.5 Å². The Kier molecular flexibility index (Phi) is 6.07. The highest BCUT2D eigenvalue weighted by Crippen LogP contribution is 2.04. The number of pyridine rings is 1. The summed E-state index contributed by atoms with van der Waals surface area (Å²) in [6, 6.07) is 4.66. The Labute approximate surface area is 93.2 Å². The number of rotatable bonds is 3. The predicted octanol–water partition coefficient (Wildman–Crippen LogP) is -2.93. The summed E-state index contributed by atoms with van der Waals surface area (Å²) in [6.45, 7) is 2.10. The molecule has 0 radical (unpaired) electrons. The summed E-state index contributed by atoms with van der Waals surface area (Å²) in [5, 5.41) is 0. The molecule has 1 atom stereocenters. The summed E-state index contributed by atoms with van der Waals surface area (Å²) >= 11 is 0. The first kappa shape index (κ1) is 13.1. The average Bonchev–Trinajstić information content (AvgIpc) is 2.18. The van der Waals surface area contributed by atoms with Crippen molar-refractivity contribution < 1.29 is 31.5 Å². The number of esters is 1. The van der Waals surface area contributed by atoms with Gasteiger partial charge in [0.05, 0.1) is 6.61 Å². The Morgan fingerprint density at radius 2 is 2.36 bits per heavy atom. The number of hydrogen-bond acceptors (Lipinski definition) is 3. The molecule has 1 aromatic rings. The molecule has 0 fully saturated rings. The van der Waals surface area contributed by atoms with Crippen LogP contribution >= 0.6 is 0 Å². The van der Waals surface area contributed by atoms with Gasteiger partial charge in [0.25, 0.3) is 0 Å². The van der Waals surface area contributed by atoms with E-state index >= 15 is 0 Å². The highest BCUT2D eigenvalue weighted by molar-refractivity contribution is 5.76. The maximum atomic E-state index is 11.2. The van der Waals surface area contributed by atoms with Gasteiger partial charge in [-0.2, -0.15) is 0 Å². The number of aromatic nitrogens is 1. The molecule has 0 aliphatic heterocycles. The van der Waals surface area contributed by atoms with Crippen LogP contribution in [0.15, 0.2) is 24.4 Å². The Morgan fingerprint density at radius 1 is 1.64 bits per heavy atom. The number of aromatic amines is 1. The normalized spacial score (nSPS) is 11.3. The summed E-state index contributed by atoms with van der Waals surface area (Å²) in [7, 11) is 0. The van der Waals surface area contributed by atoms with Crippen LogP contribution in [-0.2, 0) is 9.53 Å². The zero-order valence-electron chi connectivity index (χ0n) is 7.87. The van der Waals surface area contributed by atoms with E-state index in [2.05, 4.69) is 4.98 Å². The first-order valence-corrected chi connectivity index (χ1v) is 4.14. The average molecular weight is 261 g/mol. The van der Waals surface area contributed by atoms with Gasteiger partial charge in [0.1, 0.15) is 0 Å². The maximum Gasteiger partial charge on any atom is 0.333 e. The first-order chi connectivity index (χ1) is 6.25. The monoisotopic (exact) mass is 260 g/mol. The molecule has 0 amide bonds. The van der Waals surface area contributed by atoms with E-state index in [1.54, 1.807) is 19.2 Å². The highest BCUT2D eigenvalue weighted by Gasteiger charge is 2.21. The number of carbonyl (C=O) groups excluding carboxylic acids is 1. The van der Waals surface area contributed by atoms with Gasteiger partial charge in [-0.05, 0) is 6.92 Å². The number of ether oxygens (including phenoxy) is 1. The van der Waals surface area contributed by atoms with Crippen molar-refractivity contribution in [1.82, 2.24) is 0 Å². The minimum atomic E-state index is -0.721. The van der Waals surface area contributed by atoms with Crippen LogP contribution < -0.4 is 27.7 Å². The smallest absolute Gasteiger partial charge is 0.333 e. The third-order valence-electron chi connectivity index (χ3n) is 1.61. The minimum absolute atomic E-state index is 0. The summed E-state index contributed by atoms with van der Waals surface area (Å²) in [5.41, 5.74) is 6.27. The van der Waals surface area contributed by atoms with E-state index in [-0.39, 0.29) is 17.0 Å². The van der Waals surface area contributed by atoms with Crippen LogP contribution in [0, 0.1) is 0 Å². The fourth-order valence-electron chi connectivity index (χ4n) is 0.960. The molecule has 3 N–H and O–H groups in total. The molecule has 0 aliphatic rings. The fourth-order valence-corrected chi connectivity index (χ4v) is 0.960. The van der Waals surface area contributed by atoms with Crippen LogP contribution in [0.5, 0.6) is 0 Å². The fraction of sp³-hybridized carbons (Fsp3) is 0.333. The van der Waals surface area contributed by atoms with E-state index in [1.165, 1.54) is 0 Å². The Morgan fingerprint density at radius 3 is 2.86 bits per heavy atom. The van der Waals surface area contributed by atoms with Gasteiger partial charge in [0, 0.05) is 12.1 Å². The second-order valence-electron chi connectivity index (χ2n) is 2.55. The lowest BCUT2D eigenvalue weighted by Gasteiger charge is -2.05. The molecule has 1 aromatic heterocycles. The van der Waals surface area contributed by atoms with Crippen LogP contribution in [0.2, 0.25) is 0 Å². The van der Waals surface area contributed by atoms with Crippen molar-refractivity contribution in [2.24, 2.45) is 5.73 Å². The van der Waals surface area contributed by atoms with Crippen molar-refractivity contribution in [3.8, 4) is 0 Å². The Bertz CT molecular complexity index is 279. The zero-order valence-corrected chi connectivity index (χ0v) is 9.45. The lowest BCUT2D eigenvalue weighted by atomic mass is 10.2. The Hall–Kier alpha value is -0.940. The molecule has 0 aromatic carbocycles. The molecule has 0 saturated heterocycles. The van der Waals surface area contributed by atoms with Gasteiger partial charge in [0.2, 0.25) is 5.69 Å². The standard InChI is InChI=1S/C9H12N2O2.BrH/c1-2-13-9(12)8(10)7-5-3-4-6-11-7;/h3-6,8H,2,10H2,1H3;1H. The quantitative estimate of drug-likeness (QED) is 0.592. The second kappa shape index (κ2) is 6.50. The number of carbonyl (C=O) groups is 1. The number of H-pyrrole nitrogens is 1. The molecule has 1 heterocycles. The molecule has 4 nitrogen and oxygen atoms in total. The van der Waals surface area contributed by atoms with Gasteiger partial charge in [0.15, 0.2) is 12.2 Å². The van der Waals surface area contributed by atoms with Crippen molar-refractivity contribution in [3.63, 3.8) is 0 Å². The summed E-state index contributed by atoms with van der Waals surface area (Å²) in [4.78, 5) is 14.1. The zero-order chi connectivity index (χ0) is 9.68. The van der Waals surface area contributed by atoms with E-state index < -0.39 is 12.0 Å². The van der Waals surface area contributed by atoms with Crippen LogP contribution in [0.25, 0.3) is 0 Å². The van der Waals surface area contributed by atoms with Gasteiger partial charge in [-0.15, -0.1) is 0 Å². The van der Waals surface area contributed by atoms with Crippen LogP contribution in [-0.4, -0.2) is 12.6 Å². The molecule has 0 spiro atoms. The number of hydrogen-bond donors (Lipinski definition) is 1. The van der Waals surface area contributed by atoms with E-state index in [0.29, 0.717) is 12.3 Å². The Balaban J connectivity index is 0.00000169. The van der Waals surface area contributed by atoms with Crippen LogP contribution in [0.4, 0.5) is 0 Å². The molecule has 0 saturated carbocycles. The summed E-state index contributed by atoms with van der Waals surface area (Å²) < 4.78 is 4.77. The SMILES string of the molecule is CCOC(=O)C(N)c1cccc[nH+]1.[Br-]. The molecule has 78 valence electrons. The molecule has 1 rings (SSSR count). The number of nitrogens with one attached hydrogen (secondary N) is 1. The highest BCUT2D eigenvalue weighted by atomic mass is 79.9. The van der Waals surface area contributed by atoms with Gasteiger partial charge >= 0.3 is 5.97 Å². The van der Waals surface area contributed by atoms with Gasteiger partial charge in [-0.25, -0.2) is 9.78 Å². The predicted molar refractivity (Wildman–Crippen MR) is 46.6 cm³/mol. The number of nitrogens with two attached hydrogens (primary N) is 1. The lowest BCUT2D eigenvalue weighted by Crippen LogP contribution is -3.00. The third-order valence-corrected chi connectivity index (χ3v) is 1.61. The van der Waals surface area contributed by atoms with Gasteiger partial charge in [-0.3, -0.25) is 0 Å². The molecule has 5 heteroatoms. The van der Waals surface area contributed by atoms with E-state index in [4.69, 9.17) is 10.5 Å². The van der Waals surface area contributed by atoms with Crippen molar-refractivity contribution in [2.45, 2.75) is 13.0 Å². The van der Waals surface area contributed by atoms with Crippen molar-refractivity contribution >= 4 is 5.97 Å². The van der Waals surface area contributed by atoms with Crippen LogP contribution in [0.1, 0.15) is 18.7 Å². The molecule has 14 heavy (non-hydrogen) atoms. The van der Waals surface area contributed by atoms with E-state index in [0.717, 1.165) is 0 Å². The molecular weight excluding hydrogens is 248 g/mol. The van der Waals surface area contributed by atoms with Gasteiger partial charge in [-0.1, -0.05) is 6.07 Å². The van der Waals surface area contributed by atoms with E-state index in [1.807, 2.05) is 12.1 Å². The summed E-state index contributed by atoms with van der Waals surface area (Å²) in [5.74, 6) is -0.412. The molecular formula is C9H13BrN2O2. The maximum absolute atomic E-state index is 11.2. The first-order valence-electron chi connectivity index (χ1n) is 4.14. The second-order valence-corrected chi connectivity index (χ2v) is 2.55. The third kappa shape index (κ3) is 3.43. The largest absolute Gasteiger partial charge is 1.00 e. The van der Waals surface area contributed by atoms with Crippen molar-refractivity contribution in [3.05, 3.63) is 30.1 Å².